The summed E-state index contributed by atoms with van der Waals surface area (Å²) >= 11 is 0. The number of anilines is 1. The van der Waals surface area contributed by atoms with Crippen LogP contribution in [0.15, 0.2) is 53.4 Å². The zero-order valence-corrected chi connectivity index (χ0v) is 17.4. The summed E-state index contributed by atoms with van der Waals surface area (Å²) in [5.74, 6) is -1.08. The third kappa shape index (κ3) is 3.64. The molecule has 1 atom stereocenters. The predicted octanol–water partition coefficient (Wildman–Crippen LogP) is 0.355. The van der Waals surface area contributed by atoms with Crippen molar-refractivity contribution in [3.8, 4) is 0 Å². The molecule has 0 spiro atoms. The van der Waals surface area contributed by atoms with Crippen LogP contribution in [0.3, 0.4) is 0 Å². The molecule has 30 heavy (non-hydrogen) atoms. The molecular weight excluding hydrogens is 409 g/mol. The van der Waals surface area contributed by atoms with Crippen molar-refractivity contribution in [1.82, 2.24) is 4.31 Å². The van der Waals surface area contributed by atoms with Gasteiger partial charge >= 0.3 is 0 Å². The molecule has 158 valence electrons. The molecule has 2 fully saturated rings. The van der Waals surface area contributed by atoms with Crippen molar-refractivity contribution in [1.29, 1.82) is 0 Å². The number of carbonyl (C=O) groups excluding carboxylic acids is 2. The van der Waals surface area contributed by atoms with Gasteiger partial charge in [0.15, 0.2) is 6.04 Å². The number of benzene rings is 2. The summed E-state index contributed by atoms with van der Waals surface area (Å²) in [7, 11) is -3.80. The van der Waals surface area contributed by atoms with Gasteiger partial charge in [0.25, 0.3) is 5.91 Å². The fraction of sp³-hybridized carbons (Fsp3) is 0.333. The molecule has 2 aromatic rings. The summed E-state index contributed by atoms with van der Waals surface area (Å²) in [5.41, 5.74) is 1.45. The number of aryl methyl sites for hydroxylation is 1. The number of sulfonamides is 1. The zero-order valence-electron chi connectivity index (χ0n) is 16.5. The van der Waals surface area contributed by atoms with Crippen LogP contribution in [0.5, 0.6) is 0 Å². The largest absolute Gasteiger partial charge is 0.322 e. The highest BCUT2D eigenvalue weighted by Gasteiger charge is 2.47. The molecule has 2 heterocycles. The lowest BCUT2D eigenvalue weighted by Gasteiger charge is -2.33. The van der Waals surface area contributed by atoms with Gasteiger partial charge in [0.05, 0.1) is 43.2 Å². The lowest BCUT2D eigenvalue weighted by atomic mass is 10.1. The van der Waals surface area contributed by atoms with Gasteiger partial charge in [0.1, 0.15) is 5.82 Å². The molecule has 0 radical (unpaired) electrons. The van der Waals surface area contributed by atoms with Crippen LogP contribution in [0.25, 0.3) is 0 Å². The smallest absolute Gasteiger partial charge is 0.292 e. The van der Waals surface area contributed by atoms with Gasteiger partial charge in [0.2, 0.25) is 15.9 Å². The molecule has 0 aromatic heterocycles. The summed E-state index contributed by atoms with van der Waals surface area (Å²) < 4.78 is 40.3. The van der Waals surface area contributed by atoms with Crippen LogP contribution in [0.1, 0.15) is 12.0 Å². The fourth-order valence-electron chi connectivity index (χ4n) is 4.16. The van der Waals surface area contributed by atoms with Crippen molar-refractivity contribution in [3.63, 3.8) is 0 Å². The highest BCUT2D eigenvalue weighted by molar-refractivity contribution is 7.89. The molecule has 9 heteroatoms. The number of rotatable bonds is 4. The molecule has 0 aliphatic carbocycles. The van der Waals surface area contributed by atoms with E-state index < -0.39 is 21.9 Å². The third-order valence-electron chi connectivity index (χ3n) is 5.79. The van der Waals surface area contributed by atoms with Crippen LogP contribution in [-0.4, -0.2) is 56.8 Å². The Balaban J connectivity index is 1.46. The van der Waals surface area contributed by atoms with E-state index in [1.54, 1.807) is 12.1 Å². The molecule has 2 saturated heterocycles. The zero-order chi connectivity index (χ0) is 21.5. The first-order valence-electron chi connectivity index (χ1n) is 9.82. The topological polar surface area (TPSA) is 79.2 Å². The van der Waals surface area contributed by atoms with E-state index in [1.807, 2.05) is 19.1 Å². The van der Waals surface area contributed by atoms with E-state index in [0.717, 1.165) is 16.5 Å². The second-order valence-corrected chi connectivity index (χ2v) is 9.57. The van der Waals surface area contributed by atoms with Crippen LogP contribution < -0.4 is 9.80 Å². The SMILES string of the molecule is Cc1ccccc1N1C(=O)C[C@@H]([NH+]2CCN(S(=O)(=O)c3cccc(F)c3)CC2)C1=O. The molecule has 2 aromatic carbocycles. The van der Waals surface area contributed by atoms with E-state index in [-0.39, 0.29) is 36.2 Å². The van der Waals surface area contributed by atoms with E-state index in [9.17, 15) is 22.4 Å². The monoisotopic (exact) mass is 432 g/mol. The molecule has 0 saturated carbocycles. The Labute approximate surface area is 174 Å². The van der Waals surface area contributed by atoms with Crippen LogP contribution in [0.2, 0.25) is 0 Å². The number of hydrogen-bond acceptors (Lipinski definition) is 4. The number of quaternary nitrogens is 1. The van der Waals surface area contributed by atoms with Crippen molar-refractivity contribution < 1.29 is 27.3 Å². The molecule has 0 bridgehead atoms. The summed E-state index contributed by atoms with van der Waals surface area (Å²) in [5, 5.41) is 0. The van der Waals surface area contributed by atoms with E-state index in [4.69, 9.17) is 0 Å². The first kappa shape index (κ1) is 20.6. The Bertz CT molecular complexity index is 1100. The van der Waals surface area contributed by atoms with Gasteiger partial charge in [-0.15, -0.1) is 0 Å². The fourth-order valence-corrected chi connectivity index (χ4v) is 5.63. The minimum Gasteiger partial charge on any atom is -0.322 e. The van der Waals surface area contributed by atoms with Gasteiger partial charge in [-0.1, -0.05) is 24.3 Å². The third-order valence-corrected chi connectivity index (χ3v) is 7.69. The summed E-state index contributed by atoms with van der Waals surface area (Å²) in [6, 6.07) is 11.7. The lowest BCUT2D eigenvalue weighted by molar-refractivity contribution is -0.918. The van der Waals surface area contributed by atoms with Crippen LogP contribution in [-0.2, 0) is 19.6 Å². The molecule has 4 rings (SSSR count). The Kier molecular flexibility index (Phi) is 5.44. The molecule has 1 N–H and O–H groups in total. The minimum atomic E-state index is -3.80. The van der Waals surface area contributed by atoms with E-state index in [1.165, 1.54) is 27.4 Å². The average molecular weight is 432 g/mol. The van der Waals surface area contributed by atoms with Gasteiger partial charge in [-0.3, -0.25) is 9.59 Å². The maximum atomic E-state index is 13.5. The minimum absolute atomic E-state index is 0.0798. The number of halogens is 1. The second kappa shape index (κ2) is 7.90. The molecule has 7 nitrogen and oxygen atoms in total. The summed E-state index contributed by atoms with van der Waals surface area (Å²) in [6.45, 7) is 3.07. The lowest BCUT2D eigenvalue weighted by Crippen LogP contribution is -3.19. The summed E-state index contributed by atoms with van der Waals surface area (Å²) in [6.07, 6.45) is 0.110. The molecule has 0 unspecified atom stereocenters. The number of nitrogens with zero attached hydrogens (tertiary/aromatic N) is 2. The molecule has 2 aliphatic heterocycles. The standard InChI is InChI=1S/C21H22FN3O4S/c1-15-5-2-3-8-18(15)25-20(26)14-19(21(25)27)23-9-11-24(12-10-23)30(28,29)17-7-4-6-16(22)13-17/h2-8,13,19H,9-12,14H2,1H3/p+1/t19-/m1/s1. The van der Waals surface area contributed by atoms with E-state index in [0.29, 0.717) is 18.8 Å². The van der Waals surface area contributed by atoms with Gasteiger partial charge in [0, 0.05) is 0 Å². The van der Waals surface area contributed by atoms with Crippen molar-refractivity contribution in [2.24, 2.45) is 0 Å². The predicted molar refractivity (Wildman–Crippen MR) is 108 cm³/mol. The van der Waals surface area contributed by atoms with Crippen molar-refractivity contribution >= 4 is 27.5 Å². The van der Waals surface area contributed by atoms with Crippen molar-refractivity contribution in [2.45, 2.75) is 24.3 Å². The Morgan fingerprint density at radius 1 is 1.03 bits per heavy atom. The van der Waals surface area contributed by atoms with Crippen LogP contribution in [0.4, 0.5) is 10.1 Å². The number of carbonyl (C=O) groups is 2. The Morgan fingerprint density at radius 3 is 2.40 bits per heavy atom. The number of hydrogen-bond donors (Lipinski definition) is 1. The number of piperazine rings is 1. The maximum Gasteiger partial charge on any atom is 0.292 e. The Hall–Kier alpha value is -2.62. The number of para-hydroxylation sites is 1. The van der Waals surface area contributed by atoms with E-state index >= 15 is 0 Å². The molecular formula is C21H23FN3O4S+. The van der Waals surface area contributed by atoms with Gasteiger partial charge in [-0.25, -0.2) is 17.7 Å². The second-order valence-electron chi connectivity index (χ2n) is 7.63. The van der Waals surface area contributed by atoms with Gasteiger partial charge < -0.3 is 4.90 Å². The normalized spacial score (nSPS) is 21.4. The van der Waals surface area contributed by atoms with Crippen molar-refractivity contribution in [2.75, 3.05) is 31.1 Å². The maximum absolute atomic E-state index is 13.5. The Morgan fingerprint density at radius 2 is 1.73 bits per heavy atom. The van der Waals surface area contributed by atoms with Crippen LogP contribution >= 0.6 is 0 Å². The average Bonchev–Trinajstić information content (AvgIpc) is 3.02. The number of amides is 2. The first-order valence-corrected chi connectivity index (χ1v) is 11.3. The first-order chi connectivity index (χ1) is 14.3. The van der Waals surface area contributed by atoms with Gasteiger partial charge in [-0.05, 0) is 36.8 Å². The number of nitrogens with one attached hydrogen (secondary N) is 1. The quantitative estimate of drug-likeness (QED) is 0.708. The van der Waals surface area contributed by atoms with E-state index in [2.05, 4.69) is 0 Å². The molecule has 2 amide bonds. The highest BCUT2D eigenvalue weighted by atomic mass is 32.2. The van der Waals surface area contributed by atoms with Gasteiger partial charge in [-0.2, -0.15) is 4.31 Å². The van der Waals surface area contributed by atoms with Crippen molar-refractivity contribution in [3.05, 3.63) is 59.9 Å². The highest BCUT2D eigenvalue weighted by Crippen LogP contribution is 2.25. The summed E-state index contributed by atoms with van der Waals surface area (Å²) in [4.78, 5) is 27.7. The molecule has 2 aliphatic rings. The number of imide groups is 1. The van der Waals surface area contributed by atoms with Crippen LogP contribution in [0, 0.1) is 12.7 Å².